The van der Waals surface area contributed by atoms with Crippen molar-refractivity contribution in [2.24, 2.45) is 5.10 Å². The largest absolute Gasteiger partial charge is 0.260 e. The van der Waals surface area contributed by atoms with Gasteiger partial charge in [-0.25, -0.2) is 4.98 Å². The highest BCUT2D eigenvalue weighted by Gasteiger charge is 1.89. The minimum absolute atomic E-state index is 0.604. The fraction of sp³-hybridized carbons (Fsp3) is 0. The Kier molecular flexibility index (Phi) is 3.46. The summed E-state index contributed by atoms with van der Waals surface area (Å²) in [4.78, 5) is 7.92. The molecule has 0 unspecified atom stereocenters. The van der Waals surface area contributed by atoms with Gasteiger partial charge in [0.15, 0.2) is 5.82 Å². The third-order valence-corrected chi connectivity index (χ3v) is 2.08. The van der Waals surface area contributed by atoms with E-state index in [0.717, 1.165) is 5.56 Å². The molecule has 1 aromatic heterocycles. The van der Waals surface area contributed by atoms with Gasteiger partial charge in [-0.2, -0.15) is 5.10 Å². The van der Waals surface area contributed by atoms with E-state index in [1.807, 2.05) is 24.3 Å². The van der Waals surface area contributed by atoms with Crippen molar-refractivity contribution in [3.8, 4) is 0 Å². The lowest BCUT2D eigenvalue weighted by atomic mass is 10.2. The summed E-state index contributed by atoms with van der Waals surface area (Å²) in [5, 5.41) is 4.73. The van der Waals surface area contributed by atoms with Crippen LogP contribution < -0.4 is 5.43 Å². The number of hydrogen-bond donors (Lipinski definition) is 1. The molecule has 2 aromatic rings. The molecule has 0 fully saturated rings. The Balaban J connectivity index is 1.98. The summed E-state index contributed by atoms with van der Waals surface area (Å²) in [6, 6.07) is 7.38. The first-order valence-electron chi connectivity index (χ1n) is 4.65. The zero-order chi connectivity index (χ0) is 11.2. The van der Waals surface area contributed by atoms with E-state index in [2.05, 4.69) is 20.5 Å². The second-order valence-electron chi connectivity index (χ2n) is 3.01. The molecule has 0 amide bonds. The van der Waals surface area contributed by atoms with Crippen molar-refractivity contribution in [3.63, 3.8) is 0 Å². The molecule has 1 aromatic carbocycles. The van der Waals surface area contributed by atoms with E-state index >= 15 is 0 Å². The Labute approximate surface area is 98.0 Å². The zero-order valence-corrected chi connectivity index (χ0v) is 9.09. The van der Waals surface area contributed by atoms with Crippen LogP contribution in [0.2, 0.25) is 5.02 Å². The molecule has 1 N–H and O–H groups in total. The molecular weight excluding hydrogens is 224 g/mol. The highest BCUT2D eigenvalue weighted by Crippen LogP contribution is 2.07. The van der Waals surface area contributed by atoms with Gasteiger partial charge in [-0.1, -0.05) is 23.7 Å². The molecule has 16 heavy (non-hydrogen) atoms. The fourth-order valence-electron chi connectivity index (χ4n) is 1.08. The Morgan fingerprint density at radius 3 is 2.69 bits per heavy atom. The molecule has 2 rings (SSSR count). The second-order valence-corrected chi connectivity index (χ2v) is 3.45. The fourth-order valence-corrected chi connectivity index (χ4v) is 1.20. The Hall–Kier alpha value is -1.94. The van der Waals surface area contributed by atoms with Crippen molar-refractivity contribution >= 4 is 23.6 Å². The van der Waals surface area contributed by atoms with Gasteiger partial charge < -0.3 is 0 Å². The minimum atomic E-state index is 0.604. The number of benzene rings is 1. The van der Waals surface area contributed by atoms with E-state index < -0.39 is 0 Å². The summed E-state index contributed by atoms with van der Waals surface area (Å²) < 4.78 is 0. The maximum atomic E-state index is 5.76. The van der Waals surface area contributed by atoms with Crippen LogP contribution in [0.15, 0.2) is 48.0 Å². The van der Waals surface area contributed by atoms with Crippen molar-refractivity contribution in [1.82, 2.24) is 9.97 Å². The number of nitrogens with zero attached hydrogens (tertiary/aromatic N) is 3. The molecule has 80 valence electrons. The molecule has 0 aliphatic heterocycles. The van der Waals surface area contributed by atoms with Crippen LogP contribution in [0.25, 0.3) is 0 Å². The molecule has 4 nitrogen and oxygen atoms in total. The van der Waals surface area contributed by atoms with Gasteiger partial charge in [-0.3, -0.25) is 10.4 Å². The lowest BCUT2D eigenvalue weighted by Crippen LogP contribution is -1.93. The third kappa shape index (κ3) is 3.03. The van der Waals surface area contributed by atoms with Crippen molar-refractivity contribution in [3.05, 3.63) is 53.4 Å². The highest BCUT2D eigenvalue weighted by atomic mass is 35.5. The molecule has 0 aliphatic carbocycles. The monoisotopic (exact) mass is 232 g/mol. The third-order valence-electron chi connectivity index (χ3n) is 1.83. The van der Waals surface area contributed by atoms with Crippen molar-refractivity contribution in [2.75, 3.05) is 5.43 Å². The predicted molar refractivity (Wildman–Crippen MR) is 64.7 cm³/mol. The van der Waals surface area contributed by atoms with Gasteiger partial charge in [-0.15, -0.1) is 0 Å². The van der Waals surface area contributed by atoms with Crippen LogP contribution in [0, 0.1) is 0 Å². The van der Waals surface area contributed by atoms with E-state index in [1.165, 1.54) is 0 Å². The molecule has 0 saturated carbocycles. The first-order chi connectivity index (χ1) is 7.84. The van der Waals surface area contributed by atoms with Gasteiger partial charge in [-0.05, 0) is 17.7 Å². The van der Waals surface area contributed by atoms with Crippen LogP contribution in [-0.2, 0) is 0 Å². The first kappa shape index (κ1) is 10.6. The van der Waals surface area contributed by atoms with Gasteiger partial charge in [0.25, 0.3) is 0 Å². The second kappa shape index (κ2) is 5.23. The summed E-state index contributed by atoms with van der Waals surface area (Å²) in [5.41, 5.74) is 3.73. The van der Waals surface area contributed by atoms with Crippen LogP contribution in [-0.4, -0.2) is 16.2 Å². The molecule has 0 radical (unpaired) electrons. The molecular formula is C11H9ClN4. The Morgan fingerprint density at radius 2 is 2.00 bits per heavy atom. The smallest absolute Gasteiger partial charge is 0.164 e. The van der Waals surface area contributed by atoms with Gasteiger partial charge in [0.2, 0.25) is 0 Å². The SMILES string of the molecule is Clc1ccc(/C=N/Nc2cnccn2)cc1. The minimum Gasteiger partial charge on any atom is -0.260 e. The summed E-state index contributed by atoms with van der Waals surface area (Å²) in [6.07, 6.45) is 6.48. The number of rotatable bonds is 3. The average molecular weight is 233 g/mol. The molecule has 0 bridgehead atoms. The molecule has 0 atom stereocenters. The topological polar surface area (TPSA) is 50.2 Å². The lowest BCUT2D eigenvalue weighted by Gasteiger charge is -1.96. The first-order valence-corrected chi connectivity index (χ1v) is 5.03. The van der Waals surface area contributed by atoms with Crippen LogP contribution in [0.1, 0.15) is 5.56 Å². The number of halogens is 1. The number of aromatic nitrogens is 2. The van der Waals surface area contributed by atoms with Crippen LogP contribution in [0.5, 0.6) is 0 Å². The van der Waals surface area contributed by atoms with Crippen LogP contribution >= 0.6 is 11.6 Å². The lowest BCUT2D eigenvalue weighted by molar-refractivity contribution is 1.16. The summed E-state index contributed by atoms with van der Waals surface area (Å²) in [6.45, 7) is 0. The number of hydrazone groups is 1. The summed E-state index contributed by atoms with van der Waals surface area (Å²) in [5.74, 6) is 0.604. The predicted octanol–water partition coefficient (Wildman–Crippen LogP) is 2.58. The van der Waals surface area contributed by atoms with Crippen molar-refractivity contribution in [1.29, 1.82) is 0 Å². The average Bonchev–Trinajstić information content (AvgIpc) is 2.33. The summed E-state index contributed by atoms with van der Waals surface area (Å²) in [7, 11) is 0. The Bertz CT molecular complexity index is 467. The van der Waals surface area contributed by atoms with Gasteiger partial charge in [0.05, 0.1) is 12.4 Å². The van der Waals surface area contributed by atoms with E-state index in [0.29, 0.717) is 10.8 Å². The molecule has 0 saturated heterocycles. The Morgan fingerprint density at radius 1 is 1.19 bits per heavy atom. The summed E-state index contributed by atoms with van der Waals surface area (Å²) >= 11 is 5.76. The van der Waals surface area contributed by atoms with Crippen LogP contribution in [0.4, 0.5) is 5.82 Å². The highest BCUT2D eigenvalue weighted by molar-refractivity contribution is 6.30. The number of nitrogens with one attached hydrogen (secondary N) is 1. The normalized spacial score (nSPS) is 10.6. The molecule has 0 aliphatic rings. The molecule has 1 heterocycles. The standard InChI is InChI=1S/C11H9ClN4/c12-10-3-1-9(2-4-10)7-15-16-11-8-13-5-6-14-11/h1-8H,(H,14,16)/b15-7+. The van der Waals surface area contributed by atoms with E-state index in [1.54, 1.807) is 24.8 Å². The number of hydrogen-bond acceptors (Lipinski definition) is 4. The van der Waals surface area contributed by atoms with Crippen molar-refractivity contribution in [2.45, 2.75) is 0 Å². The molecule has 0 spiro atoms. The van der Waals surface area contributed by atoms with E-state index in [-0.39, 0.29) is 0 Å². The van der Waals surface area contributed by atoms with E-state index in [9.17, 15) is 0 Å². The van der Waals surface area contributed by atoms with Gasteiger partial charge in [0.1, 0.15) is 0 Å². The number of anilines is 1. The maximum absolute atomic E-state index is 5.76. The molecule has 5 heteroatoms. The van der Waals surface area contributed by atoms with Crippen LogP contribution in [0.3, 0.4) is 0 Å². The quantitative estimate of drug-likeness (QED) is 0.654. The maximum Gasteiger partial charge on any atom is 0.164 e. The van der Waals surface area contributed by atoms with Gasteiger partial charge in [0, 0.05) is 17.4 Å². The van der Waals surface area contributed by atoms with Gasteiger partial charge >= 0.3 is 0 Å². The van der Waals surface area contributed by atoms with E-state index in [4.69, 9.17) is 11.6 Å². The van der Waals surface area contributed by atoms with Crippen molar-refractivity contribution < 1.29 is 0 Å². The zero-order valence-electron chi connectivity index (χ0n) is 8.34.